The Morgan fingerprint density at radius 2 is 0.943 bits per heavy atom. The van der Waals surface area contributed by atoms with Gasteiger partial charge < -0.3 is 13.7 Å². The topological polar surface area (TPSA) is 29.5 Å². The molecule has 0 aliphatic rings. The van der Waals surface area contributed by atoms with E-state index in [0.717, 1.165) is 82.8 Å². The minimum atomic E-state index is 0.854. The quantitative estimate of drug-likeness (QED) is 0.182. The number of hydrogen-bond acceptors (Lipinski definition) is 3. The molecule has 11 aromatic rings. The highest BCUT2D eigenvalue weighted by Gasteiger charge is 2.23. The van der Waals surface area contributed by atoms with E-state index in [0.29, 0.717) is 0 Å². The average molecular weight is 678 g/mol. The number of anilines is 3. The molecule has 2 heterocycles. The molecule has 3 heteroatoms. The number of rotatable bonds is 5. The van der Waals surface area contributed by atoms with E-state index in [1.807, 2.05) is 12.1 Å². The predicted octanol–water partition coefficient (Wildman–Crippen LogP) is 14.6. The van der Waals surface area contributed by atoms with Gasteiger partial charge in [0.1, 0.15) is 22.3 Å². The highest BCUT2D eigenvalue weighted by Crippen LogP contribution is 2.47. The highest BCUT2D eigenvalue weighted by molar-refractivity contribution is 6.20. The molecule has 0 spiro atoms. The van der Waals surface area contributed by atoms with Crippen LogP contribution < -0.4 is 4.90 Å². The number of para-hydroxylation sites is 2. The Bertz CT molecular complexity index is 3180. The molecular weight excluding hydrogens is 647 g/mol. The third kappa shape index (κ3) is 4.68. The van der Waals surface area contributed by atoms with Crippen molar-refractivity contribution in [2.45, 2.75) is 0 Å². The standard InChI is InChI=1S/C50H31NO2/c1-3-14-37-32(11-1)13-9-18-38(37)34-23-27-36(28-24-34)51(45-20-10-22-47-49(45)43-30-25-33-12-2-4-16-40(33)50(43)53-47)44-19-7-5-15-39(44)35-26-29-42-41-17-6-8-21-46(41)52-48(42)31-35/h1-31H. The highest BCUT2D eigenvalue weighted by atomic mass is 16.3. The lowest BCUT2D eigenvalue weighted by Crippen LogP contribution is -2.11. The second kappa shape index (κ2) is 11.7. The lowest BCUT2D eigenvalue weighted by atomic mass is 9.97. The normalized spacial score (nSPS) is 11.8. The number of fused-ring (bicyclic) bond motifs is 9. The van der Waals surface area contributed by atoms with Gasteiger partial charge in [0.25, 0.3) is 0 Å². The Morgan fingerprint density at radius 1 is 0.340 bits per heavy atom. The molecular formula is C50H31NO2. The summed E-state index contributed by atoms with van der Waals surface area (Å²) in [5.41, 5.74) is 11.3. The van der Waals surface area contributed by atoms with Crippen molar-refractivity contribution in [1.29, 1.82) is 0 Å². The Labute approximate surface area is 305 Å². The summed E-state index contributed by atoms with van der Waals surface area (Å²) in [6.07, 6.45) is 0. The molecule has 53 heavy (non-hydrogen) atoms. The van der Waals surface area contributed by atoms with Gasteiger partial charge in [0.2, 0.25) is 0 Å². The molecule has 0 aliphatic heterocycles. The maximum Gasteiger partial charge on any atom is 0.143 e. The number of benzene rings is 9. The summed E-state index contributed by atoms with van der Waals surface area (Å²) in [5.74, 6) is 0. The monoisotopic (exact) mass is 677 g/mol. The minimum absolute atomic E-state index is 0.854. The molecule has 0 saturated carbocycles. The van der Waals surface area contributed by atoms with Gasteiger partial charge in [-0.2, -0.15) is 0 Å². The van der Waals surface area contributed by atoms with Gasteiger partial charge in [-0.25, -0.2) is 0 Å². The zero-order chi connectivity index (χ0) is 34.9. The van der Waals surface area contributed by atoms with Crippen LogP contribution >= 0.6 is 0 Å². The van der Waals surface area contributed by atoms with Gasteiger partial charge >= 0.3 is 0 Å². The molecule has 248 valence electrons. The summed E-state index contributed by atoms with van der Waals surface area (Å²) in [6.45, 7) is 0. The van der Waals surface area contributed by atoms with E-state index in [2.05, 4.69) is 181 Å². The second-order valence-corrected chi connectivity index (χ2v) is 13.7. The Balaban J connectivity index is 1.15. The first-order chi connectivity index (χ1) is 26.3. The second-order valence-electron chi connectivity index (χ2n) is 13.7. The Morgan fingerprint density at radius 3 is 1.83 bits per heavy atom. The van der Waals surface area contributed by atoms with Crippen LogP contribution in [-0.4, -0.2) is 0 Å². The molecule has 2 aromatic heterocycles. The first-order valence-electron chi connectivity index (χ1n) is 18.0. The fraction of sp³-hybridized carbons (Fsp3) is 0. The van der Waals surface area contributed by atoms with Crippen molar-refractivity contribution in [3.63, 3.8) is 0 Å². The fourth-order valence-electron chi connectivity index (χ4n) is 8.20. The molecule has 0 radical (unpaired) electrons. The summed E-state index contributed by atoms with van der Waals surface area (Å²) >= 11 is 0. The van der Waals surface area contributed by atoms with Crippen molar-refractivity contribution < 1.29 is 8.83 Å². The third-order valence-corrected chi connectivity index (χ3v) is 10.7. The molecule has 9 aromatic carbocycles. The molecule has 0 amide bonds. The summed E-state index contributed by atoms with van der Waals surface area (Å²) in [7, 11) is 0. The number of furan rings is 2. The molecule has 0 fully saturated rings. The van der Waals surface area contributed by atoms with Gasteiger partial charge in [-0.15, -0.1) is 0 Å². The number of hydrogen-bond donors (Lipinski definition) is 0. The molecule has 0 saturated heterocycles. The van der Waals surface area contributed by atoms with Crippen LogP contribution in [-0.2, 0) is 0 Å². The SMILES string of the molecule is c1ccc(N(c2ccc(-c3cccc4ccccc34)cc2)c2cccc3oc4c5ccccc5ccc4c23)c(-c2ccc3c(c2)oc2ccccc23)c1. The average Bonchev–Trinajstić information content (AvgIpc) is 3.80. The van der Waals surface area contributed by atoms with Gasteiger partial charge in [-0.05, 0) is 87.4 Å². The van der Waals surface area contributed by atoms with E-state index < -0.39 is 0 Å². The fourth-order valence-corrected chi connectivity index (χ4v) is 8.20. The van der Waals surface area contributed by atoms with Crippen molar-refractivity contribution in [2.75, 3.05) is 4.90 Å². The molecule has 0 atom stereocenters. The maximum atomic E-state index is 6.70. The number of nitrogens with zero attached hydrogens (tertiary/aromatic N) is 1. The van der Waals surface area contributed by atoms with Crippen molar-refractivity contribution in [3.8, 4) is 22.3 Å². The molecule has 0 unspecified atom stereocenters. The zero-order valence-electron chi connectivity index (χ0n) is 28.7. The van der Waals surface area contributed by atoms with Crippen LogP contribution in [0.15, 0.2) is 197 Å². The molecule has 0 N–H and O–H groups in total. The van der Waals surface area contributed by atoms with Gasteiger partial charge in [0.15, 0.2) is 0 Å². The van der Waals surface area contributed by atoms with E-state index in [-0.39, 0.29) is 0 Å². The van der Waals surface area contributed by atoms with Crippen LogP contribution in [0.3, 0.4) is 0 Å². The van der Waals surface area contributed by atoms with E-state index in [4.69, 9.17) is 8.83 Å². The van der Waals surface area contributed by atoms with Crippen LogP contribution in [0.4, 0.5) is 17.1 Å². The molecule has 3 nitrogen and oxygen atoms in total. The summed E-state index contributed by atoms with van der Waals surface area (Å²) in [6, 6.07) is 66.8. The Hall–Kier alpha value is -7.10. The third-order valence-electron chi connectivity index (χ3n) is 10.7. The van der Waals surface area contributed by atoms with Crippen molar-refractivity contribution in [1.82, 2.24) is 0 Å². The van der Waals surface area contributed by atoms with Crippen molar-refractivity contribution in [3.05, 3.63) is 188 Å². The van der Waals surface area contributed by atoms with Gasteiger partial charge in [0, 0.05) is 32.8 Å². The molecule has 0 bridgehead atoms. The van der Waals surface area contributed by atoms with Crippen LogP contribution in [0, 0.1) is 0 Å². The molecule has 0 aliphatic carbocycles. The summed E-state index contributed by atoms with van der Waals surface area (Å²) in [4.78, 5) is 2.39. The first-order valence-corrected chi connectivity index (χ1v) is 18.0. The smallest absolute Gasteiger partial charge is 0.143 e. The van der Waals surface area contributed by atoms with Gasteiger partial charge in [0.05, 0.1) is 16.8 Å². The lowest BCUT2D eigenvalue weighted by Gasteiger charge is -2.28. The van der Waals surface area contributed by atoms with E-state index in [1.165, 1.54) is 21.9 Å². The summed E-state index contributed by atoms with van der Waals surface area (Å²) in [5, 5.41) is 9.16. The first kappa shape index (κ1) is 29.6. The lowest BCUT2D eigenvalue weighted by molar-refractivity contribution is 0.669. The van der Waals surface area contributed by atoms with E-state index in [9.17, 15) is 0 Å². The predicted molar refractivity (Wildman–Crippen MR) is 222 cm³/mol. The molecule has 11 rings (SSSR count). The van der Waals surface area contributed by atoms with Crippen LogP contribution in [0.2, 0.25) is 0 Å². The van der Waals surface area contributed by atoms with E-state index >= 15 is 0 Å². The Kier molecular flexibility index (Phi) is 6.55. The van der Waals surface area contributed by atoms with Crippen LogP contribution in [0.25, 0.3) is 87.7 Å². The van der Waals surface area contributed by atoms with Gasteiger partial charge in [-0.3, -0.25) is 0 Å². The maximum absolute atomic E-state index is 6.70. The van der Waals surface area contributed by atoms with Crippen molar-refractivity contribution >= 4 is 82.5 Å². The summed E-state index contributed by atoms with van der Waals surface area (Å²) < 4.78 is 13.1. The van der Waals surface area contributed by atoms with E-state index in [1.54, 1.807) is 0 Å². The van der Waals surface area contributed by atoms with Crippen molar-refractivity contribution in [2.24, 2.45) is 0 Å². The van der Waals surface area contributed by atoms with Crippen LogP contribution in [0.1, 0.15) is 0 Å². The van der Waals surface area contributed by atoms with Crippen LogP contribution in [0.5, 0.6) is 0 Å². The largest absolute Gasteiger partial charge is 0.456 e. The minimum Gasteiger partial charge on any atom is -0.456 e. The zero-order valence-corrected chi connectivity index (χ0v) is 28.7. The van der Waals surface area contributed by atoms with Gasteiger partial charge in [-0.1, -0.05) is 133 Å².